The molecule has 0 radical (unpaired) electrons. The molecule has 3 aromatic heterocycles. The molecule has 4 rings (SSSR count). The van der Waals surface area contributed by atoms with Gasteiger partial charge >= 0.3 is 6.18 Å². The van der Waals surface area contributed by atoms with Crippen LogP contribution >= 0.6 is 11.3 Å². The first-order chi connectivity index (χ1) is 14.8. The maximum atomic E-state index is 14.0. The minimum absolute atomic E-state index is 0.0582. The molecule has 1 N–H and O–H groups in total. The van der Waals surface area contributed by atoms with Crippen LogP contribution in [0, 0.1) is 11.6 Å². The van der Waals surface area contributed by atoms with Gasteiger partial charge in [0.25, 0.3) is 5.88 Å². The van der Waals surface area contributed by atoms with E-state index in [1.54, 1.807) is 17.6 Å². The zero-order chi connectivity index (χ0) is 22.0. The van der Waals surface area contributed by atoms with Crippen molar-refractivity contribution >= 4 is 27.5 Å². The number of anilines is 1. The first-order valence-corrected chi connectivity index (χ1v) is 9.67. The predicted octanol–water partition coefficient (Wildman–Crippen LogP) is 5.23. The molecule has 3 heterocycles. The van der Waals surface area contributed by atoms with Crippen molar-refractivity contribution in [2.45, 2.75) is 12.6 Å². The van der Waals surface area contributed by atoms with Crippen molar-refractivity contribution in [2.75, 3.05) is 11.9 Å². The summed E-state index contributed by atoms with van der Waals surface area (Å²) in [5.41, 5.74) is 1.20. The van der Waals surface area contributed by atoms with E-state index in [1.165, 1.54) is 29.8 Å². The highest BCUT2D eigenvalue weighted by atomic mass is 32.1. The molecule has 0 aliphatic rings. The molecule has 0 spiro atoms. The minimum Gasteiger partial charge on any atom is -0.436 e. The molecular weight excluding hydrogens is 441 g/mol. The van der Waals surface area contributed by atoms with E-state index in [0.29, 0.717) is 24.3 Å². The zero-order valence-corrected chi connectivity index (χ0v) is 16.3. The first-order valence-electron chi connectivity index (χ1n) is 8.79. The quantitative estimate of drug-likeness (QED) is 0.404. The van der Waals surface area contributed by atoms with Crippen LogP contribution in [0.2, 0.25) is 0 Å². The van der Waals surface area contributed by atoms with Crippen LogP contribution in [0.5, 0.6) is 11.6 Å². The number of nitrogens with one attached hydrogen (secondary N) is 1. The molecule has 0 amide bonds. The van der Waals surface area contributed by atoms with Gasteiger partial charge in [-0.1, -0.05) is 12.1 Å². The molecule has 0 fully saturated rings. The summed E-state index contributed by atoms with van der Waals surface area (Å²) in [6, 6.07) is 6.25. The van der Waals surface area contributed by atoms with E-state index >= 15 is 0 Å². The second-order valence-corrected chi connectivity index (χ2v) is 7.08. The van der Waals surface area contributed by atoms with E-state index in [9.17, 15) is 22.0 Å². The Bertz CT molecular complexity index is 1210. The van der Waals surface area contributed by atoms with Gasteiger partial charge in [0.2, 0.25) is 5.82 Å². The molecule has 0 atom stereocenters. The maximum absolute atomic E-state index is 14.0. The molecule has 1 aromatic carbocycles. The number of ether oxygens (including phenoxy) is 1. The lowest BCUT2D eigenvalue weighted by Gasteiger charge is -2.12. The van der Waals surface area contributed by atoms with Crippen LogP contribution in [0.1, 0.15) is 11.1 Å². The van der Waals surface area contributed by atoms with Gasteiger partial charge in [-0.3, -0.25) is 0 Å². The Balaban J connectivity index is 1.40. The third-order valence-corrected chi connectivity index (χ3v) is 4.94. The monoisotopic (exact) mass is 453 g/mol. The molecule has 0 aliphatic carbocycles. The van der Waals surface area contributed by atoms with Crippen LogP contribution < -0.4 is 10.1 Å². The fraction of sp³-hybridized carbons (Fsp3) is 0.158. The predicted molar refractivity (Wildman–Crippen MR) is 103 cm³/mol. The number of rotatable bonds is 6. The number of alkyl halides is 3. The number of hydrogen-bond acceptors (Lipinski definition) is 7. The van der Waals surface area contributed by atoms with E-state index in [4.69, 9.17) is 4.74 Å². The van der Waals surface area contributed by atoms with Crippen molar-refractivity contribution in [1.82, 2.24) is 19.9 Å². The van der Waals surface area contributed by atoms with Crippen molar-refractivity contribution in [2.24, 2.45) is 0 Å². The number of thiazole rings is 1. The summed E-state index contributed by atoms with van der Waals surface area (Å²) >= 11 is 1.41. The van der Waals surface area contributed by atoms with Crippen LogP contribution in [0.25, 0.3) is 10.3 Å². The highest BCUT2D eigenvalue weighted by Crippen LogP contribution is 2.36. The average molecular weight is 453 g/mol. The number of pyridine rings is 1. The Morgan fingerprint density at radius 1 is 1.00 bits per heavy atom. The van der Waals surface area contributed by atoms with Gasteiger partial charge in [-0.15, -0.1) is 11.3 Å². The van der Waals surface area contributed by atoms with Gasteiger partial charge in [0.15, 0.2) is 11.6 Å². The standard InChI is InChI=1S/C19H12F5N5OS/c20-12-7-26-17(14(21)13(12)19(22,23)24)30-11-3-1-10(2-4-11)5-6-25-16-15-18(28-8-27-16)31-9-29-15/h1-4,7-9H,5-6H2,(H,25,27,28). The van der Waals surface area contributed by atoms with Crippen LogP contribution in [0.4, 0.5) is 27.8 Å². The molecular formula is C19H12F5N5OS. The Labute approximate surface area is 175 Å². The fourth-order valence-electron chi connectivity index (χ4n) is 2.76. The SMILES string of the molecule is Fc1cnc(Oc2ccc(CCNc3ncnc4scnc34)cc2)c(F)c1C(F)(F)F. The summed E-state index contributed by atoms with van der Waals surface area (Å²) in [5, 5.41) is 3.17. The highest BCUT2D eigenvalue weighted by molar-refractivity contribution is 7.16. The Kier molecular flexibility index (Phi) is 5.63. The van der Waals surface area contributed by atoms with Gasteiger partial charge in [0.1, 0.15) is 28.0 Å². The molecule has 12 heteroatoms. The van der Waals surface area contributed by atoms with Gasteiger partial charge in [0.05, 0.1) is 11.7 Å². The van der Waals surface area contributed by atoms with E-state index in [1.807, 2.05) is 0 Å². The van der Waals surface area contributed by atoms with Crippen molar-refractivity contribution in [3.8, 4) is 11.6 Å². The lowest BCUT2D eigenvalue weighted by atomic mass is 10.1. The lowest BCUT2D eigenvalue weighted by Crippen LogP contribution is -2.13. The number of aromatic nitrogens is 4. The highest BCUT2D eigenvalue weighted by Gasteiger charge is 2.39. The summed E-state index contributed by atoms with van der Waals surface area (Å²) in [6.45, 7) is 0.535. The summed E-state index contributed by atoms with van der Waals surface area (Å²) in [7, 11) is 0. The van der Waals surface area contributed by atoms with Gasteiger partial charge in [-0.05, 0) is 24.1 Å². The third kappa shape index (κ3) is 4.53. The lowest BCUT2D eigenvalue weighted by molar-refractivity contribution is -0.142. The molecule has 160 valence electrons. The van der Waals surface area contributed by atoms with Crippen molar-refractivity contribution in [3.05, 3.63) is 65.1 Å². The summed E-state index contributed by atoms with van der Waals surface area (Å²) < 4.78 is 70.9. The van der Waals surface area contributed by atoms with Crippen LogP contribution in [0.15, 0.2) is 42.3 Å². The Morgan fingerprint density at radius 2 is 1.77 bits per heavy atom. The average Bonchev–Trinajstić information content (AvgIpc) is 3.20. The van der Waals surface area contributed by atoms with E-state index in [0.717, 1.165) is 10.4 Å². The van der Waals surface area contributed by atoms with E-state index < -0.39 is 29.3 Å². The van der Waals surface area contributed by atoms with Gasteiger partial charge in [-0.2, -0.15) is 13.2 Å². The smallest absolute Gasteiger partial charge is 0.422 e. The van der Waals surface area contributed by atoms with E-state index in [2.05, 4.69) is 25.3 Å². The zero-order valence-electron chi connectivity index (χ0n) is 15.5. The molecule has 0 saturated heterocycles. The molecule has 0 aliphatic heterocycles. The maximum Gasteiger partial charge on any atom is 0.422 e. The van der Waals surface area contributed by atoms with Crippen molar-refractivity contribution < 1.29 is 26.7 Å². The number of fused-ring (bicyclic) bond motifs is 1. The van der Waals surface area contributed by atoms with Crippen molar-refractivity contribution in [1.29, 1.82) is 0 Å². The van der Waals surface area contributed by atoms with Gasteiger partial charge < -0.3 is 10.1 Å². The van der Waals surface area contributed by atoms with Crippen LogP contribution in [-0.2, 0) is 12.6 Å². The Morgan fingerprint density at radius 3 is 2.52 bits per heavy atom. The topological polar surface area (TPSA) is 72.8 Å². The Hall–Kier alpha value is -3.41. The first kappa shape index (κ1) is 20.8. The molecule has 31 heavy (non-hydrogen) atoms. The molecule has 6 nitrogen and oxygen atoms in total. The molecule has 0 bridgehead atoms. The minimum atomic E-state index is -5.21. The number of halogens is 5. The molecule has 0 unspecified atom stereocenters. The summed E-state index contributed by atoms with van der Waals surface area (Å²) in [5.74, 6) is -4.00. The molecule has 4 aromatic rings. The van der Waals surface area contributed by atoms with Crippen molar-refractivity contribution in [3.63, 3.8) is 0 Å². The second kappa shape index (κ2) is 8.38. The van der Waals surface area contributed by atoms with Crippen LogP contribution in [0.3, 0.4) is 0 Å². The largest absolute Gasteiger partial charge is 0.436 e. The number of nitrogens with zero attached hydrogens (tertiary/aromatic N) is 4. The van der Waals surface area contributed by atoms with Gasteiger partial charge in [0, 0.05) is 6.54 Å². The normalized spacial score (nSPS) is 11.6. The number of benzene rings is 1. The second-order valence-electron chi connectivity index (χ2n) is 6.25. The third-order valence-electron chi connectivity index (χ3n) is 4.20. The number of hydrogen-bond donors (Lipinski definition) is 1. The van der Waals surface area contributed by atoms with Gasteiger partial charge in [-0.25, -0.2) is 28.7 Å². The summed E-state index contributed by atoms with van der Waals surface area (Å²) in [4.78, 5) is 16.5. The molecule has 0 saturated carbocycles. The van der Waals surface area contributed by atoms with E-state index in [-0.39, 0.29) is 11.9 Å². The summed E-state index contributed by atoms with van der Waals surface area (Å²) in [6.07, 6.45) is -2.90. The van der Waals surface area contributed by atoms with Crippen LogP contribution in [-0.4, -0.2) is 26.5 Å². The fourth-order valence-corrected chi connectivity index (χ4v) is 3.39.